The largest absolute Gasteiger partial charge is 0.384 e. The number of thioether (sulfide) groups is 1. The lowest BCUT2D eigenvalue weighted by Gasteiger charge is -2.15. The van der Waals surface area contributed by atoms with Crippen LogP contribution in [-0.2, 0) is 0 Å². The van der Waals surface area contributed by atoms with Crippen LogP contribution in [0.25, 0.3) is 5.69 Å². The first-order valence-corrected chi connectivity index (χ1v) is 9.36. The number of nitrogens with two attached hydrogens (primary N) is 1. The van der Waals surface area contributed by atoms with E-state index in [9.17, 15) is 0 Å². The van der Waals surface area contributed by atoms with Gasteiger partial charge in [0, 0.05) is 29.8 Å². The summed E-state index contributed by atoms with van der Waals surface area (Å²) in [6.07, 6.45) is 5.40. The van der Waals surface area contributed by atoms with Crippen molar-refractivity contribution in [1.29, 1.82) is 5.41 Å². The number of unbranched alkanes of at least 4 members (excludes halogenated alkanes) is 1. The van der Waals surface area contributed by atoms with Crippen LogP contribution in [-0.4, -0.2) is 45.6 Å². The SMILES string of the molecule is Cc1cc(-n2cnnc2C)cc(NCCSCCCCN)c1C=N. The molecule has 1 aromatic carbocycles. The molecule has 0 atom stereocenters. The third-order valence-electron chi connectivity index (χ3n) is 3.82. The predicted octanol–water partition coefficient (Wildman–Crippen LogP) is 2.77. The lowest BCUT2D eigenvalue weighted by Crippen LogP contribution is -2.09. The van der Waals surface area contributed by atoms with Gasteiger partial charge in [-0.25, -0.2) is 0 Å². The van der Waals surface area contributed by atoms with Crippen molar-refractivity contribution in [2.45, 2.75) is 26.7 Å². The minimum Gasteiger partial charge on any atom is -0.384 e. The molecule has 4 N–H and O–H groups in total. The Morgan fingerprint density at radius 2 is 2.12 bits per heavy atom. The molecule has 24 heavy (non-hydrogen) atoms. The molecule has 0 fully saturated rings. The lowest BCUT2D eigenvalue weighted by molar-refractivity contribution is 0.814. The summed E-state index contributed by atoms with van der Waals surface area (Å²) in [6.45, 7) is 5.60. The van der Waals surface area contributed by atoms with E-state index in [1.165, 1.54) is 12.6 Å². The van der Waals surface area contributed by atoms with Crippen molar-refractivity contribution < 1.29 is 0 Å². The number of anilines is 1. The van der Waals surface area contributed by atoms with Gasteiger partial charge in [0.2, 0.25) is 0 Å². The van der Waals surface area contributed by atoms with Crippen LogP contribution in [0.15, 0.2) is 18.5 Å². The van der Waals surface area contributed by atoms with Crippen LogP contribution in [0.1, 0.15) is 29.8 Å². The van der Waals surface area contributed by atoms with Gasteiger partial charge in [0.1, 0.15) is 12.2 Å². The molecule has 0 saturated carbocycles. The molecule has 2 aromatic rings. The Balaban J connectivity index is 2.03. The van der Waals surface area contributed by atoms with Gasteiger partial charge >= 0.3 is 0 Å². The van der Waals surface area contributed by atoms with E-state index in [4.69, 9.17) is 11.1 Å². The molecule has 6 nitrogen and oxygen atoms in total. The van der Waals surface area contributed by atoms with Gasteiger partial charge in [0.15, 0.2) is 0 Å². The Labute approximate surface area is 147 Å². The second-order valence-electron chi connectivity index (χ2n) is 5.65. The first kappa shape index (κ1) is 18.5. The highest BCUT2D eigenvalue weighted by Crippen LogP contribution is 2.23. The van der Waals surface area contributed by atoms with E-state index in [1.807, 2.05) is 30.2 Å². The van der Waals surface area contributed by atoms with Crippen LogP contribution in [0, 0.1) is 19.3 Å². The molecule has 1 heterocycles. The van der Waals surface area contributed by atoms with Crippen molar-refractivity contribution in [1.82, 2.24) is 14.8 Å². The highest BCUT2D eigenvalue weighted by molar-refractivity contribution is 7.99. The van der Waals surface area contributed by atoms with E-state index in [1.54, 1.807) is 6.33 Å². The minimum absolute atomic E-state index is 0.774. The van der Waals surface area contributed by atoms with E-state index in [2.05, 4.69) is 27.6 Å². The number of aryl methyl sites for hydroxylation is 2. The normalized spacial score (nSPS) is 10.8. The molecule has 0 amide bonds. The maximum atomic E-state index is 7.69. The summed E-state index contributed by atoms with van der Waals surface area (Å²) in [7, 11) is 0. The number of rotatable bonds is 10. The van der Waals surface area contributed by atoms with Crippen LogP contribution in [0.2, 0.25) is 0 Å². The second-order valence-corrected chi connectivity index (χ2v) is 6.88. The van der Waals surface area contributed by atoms with Crippen molar-refractivity contribution >= 4 is 23.7 Å². The van der Waals surface area contributed by atoms with Crippen LogP contribution >= 0.6 is 11.8 Å². The van der Waals surface area contributed by atoms with Crippen LogP contribution < -0.4 is 11.1 Å². The van der Waals surface area contributed by atoms with E-state index in [0.717, 1.165) is 59.3 Å². The van der Waals surface area contributed by atoms with Crippen molar-refractivity contribution in [2.75, 3.05) is 29.9 Å². The smallest absolute Gasteiger partial charge is 0.134 e. The fourth-order valence-corrected chi connectivity index (χ4v) is 3.37. The Kier molecular flexibility index (Phi) is 7.27. The topological polar surface area (TPSA) is 92.6 Å². The number of nitrogens with zero attached hydrogens (tertiary/aromatic N) is 3. The fraction of sp³-hybridized carbons (Fsp3) is 0.471. The Hall–Kier alpha value is -1.86. The molecule has 0 bridgehead atoms. The van der Waals surface area contributed by atoms with E-state index in [-0.39, 0.29) is 0 Å². The molecule has 0 aliphatic heterocycles. The first-order valence-electron chi connectivity index (χ1n) is 8.21. The molecule has 0 spiro atoms. The zero-order valence-corrected chi connectivity index (χ0v) is 15.2. The summed E-state index contributed by atoms with van der Waals surface area (Å²) in [6, 6.07) is 4.12. The summed E-state index contributed by atoms with van der Waals surface area (Å²) in [5.41, 5.74) is 9.49. The van der Waals surface area contributed by atoms with Gasteiger partial charge < -0.3 is 16.5 Å². The molecule has 0 aliphatic carbocycles. The van der Waals surface area contributed by atoms with Crippen molar-refractivity contribution in [3.8, 4) is 5.69 Å². The summed E-state index contributed by atoms with van der Waals surface area (Å²) in [5.74, 6) is 3.03. The number of benzene rings is 1. The van der Waals surface area contributed by atoms with Crippen molar-refractivity contribution in [3.05, 3.63) is 35.4 Å². The summed E-state index contributed by atoms with van der Waals surface area (Å²) in [4.78, 5) is 0. The van der Waals surface area contributed by atoms with E-state index < -0.39 is 0 Å². The van der Waals surface area contributed by atoms with Crippen molar-refractivity contribution in [3.63, 3.8) is 0 Å². The summed E-state index contributed by atoms with van der Waals surface area (Å²) >= 11 is 1.93. The quantitative estimate of drug-likeness (QED) is 0.454. The number of hydrogen-bond donors (Lipinski definition) is 3. The zero-order chi connectivity index (χ0) is 17.4. The Bertz CT molecular complexity index is 667. The molecular formula is C17H26N6S. The van der Waals surface area contributed by atoms with Gasteiger partial charge in [-0.05, 0) is 56.7 Å². The molecule has 0 radical (unpaired) electrons. The van der Waals surface area contributed by atoms with Gasteiger partial charge in [-0.2, -0.15) is 11.8 Å². The average Bonchev–Trinajstić information content (AvgIpc) is 2.99. The molecule has 0 unspecified atom stereocenters. The van der Waals surface area contributed by atoms with Gasteiger partial charge in [0.25, 0.3) is 0 Å². The van der Waals surface area contributed by atoms with Crippen LogP contribution in [0.3, 0.4) is 0 Å². The van der Waals surface area contributed by atoms with Gasteiger partial charge in [-0.1, -0.05) is 0 Å². The third kappa shape index (κ3) is 4.82. The van der Waals surface area contributed by atoms with Gasteiger partial charge in [-0.15, -0.1) is 10.2 Å². The van der Waals surface area contributed by atoms with E-state index in [0.29, 0.717) is 0 Å². The highest BCUT2D eigenvalue weighted by Gasteiger charge is 2.09. The second kappa shape index (κ2) is 9.44. The van der Waals surface area contributed by atoms with E-state index >= 15 is 0 Å². The Morgan fingerprint density at radius 3 is 2.79 bits per heavy atom. The lowest BCUT2D eigenvalue weighted by atomic mass is 10.1. The molecule has 7 heteroatoms. The Morgan fingerprint density at radius 1 is 1.29 bits per heavy atom. The fourth-order valence-electron chi connectivity index (χ4n) is 2.51. The van der Waals surface area contributed by atoms with Crippen LogP contribution in [0.5, 0.6) is 0 Å². The summed E-state index contributed by atoms with van der Waals surface area (Å²) < 4.78 is 1.95. The zero-order valence-electron chi connectivity index (χ0n) is 14.4. The molecule has 0 saturated heterocycles. The molecular weight excluding hydrogens is 320 g/mol. The molecule has 2 rings (SSSR count). The average molecular weight is 347 g/mol. The maximum absolute atomic E-state index is 7.69. The van der Waals surface area contributed by atoms with Crippen molar-refractivity contribution in [2.24, 2.45) is 5.73 Å². The summed E-state index contributed by atoms with van der Waals surface area (Å²) in [5, 5.41) is 19.1. The minimum atomic E-state index is 0.774. The van der Waals surface area contributed by atoms with Crippen LogP contribution in [0.4, 0.5) is 5.69 Å². The van der Waals surface area contributed by atoms with Gasteiger partial charge in [-0.3, -0.25) is 4.57 Å². The number of hydrogen-bond acceptors (Lipinski definition) is 6. The molecule has 130 valence electrons. The number of aromatic nitrogens is 3. The number of nitrogens with one attached hydrogen (secondary N) is 2. The molecule has 1 aromatic heterocycles. The molecule has 0 aliphatic rings. The van der Waals surface area contributed by atoms with Gasteiger partial charge in [0.05, 0.1) is 5.69 Å². The highest BCUT2D eigenvalue weighted by atomic mass is 32.2. The standard InChI is InChI=1S/C17H26N6S/c1-13-9-15(23-12-21-22-14(23)2)10-17(16(13)11-19)20-6-8-24-7-4-3-5-18/h9-12,19-20H,3-8,18H2,1-2H3. The predicted molar refractivity (Wildman–Crippen MR) is 103 cm³/mol. The maximum Gasteiger partial charge on any atom is 0.134 e. The first-order chi connectivity index (χ1) is 11.7. The third-order valence-corrected chi connectivity index (χ3v) is 4.89. The monoisotopic (exact) mass is 346 g/mol.